The Morgan fingerprint density at radius 1 is 1.39 bits per heavy atom. The first-order valence-electron chi connectivity index (χ1n) is 5.96. The Hall–Kier alpha value is -0.920. The molecule has 0 spiro atoms. The number of hydrazine groups is 1. The second-order valence-corrected chi connectivity index (χ2v) is 5.42. The summed E-state index contributed by atoms with van der Waals surface area (Å²) in [6.07, 6.45) is 4.81. The zero-order valence-electron chi connectivity index (χ0n) is 10.3. The number of hydrogen-bond acceptors (Lipinski definition) is 3. The lowest BCUT2D eigenvalue weighted by Gasteiger charge is -2.15. The summed E-state index contributed by atoms with van der Waals surface area (Å²) in [4.78, 5) is 0. The molecule has 0 aliphatic rings. The van der Waals surface area contributed by atoms with Crippen LogP contribution < -0.4 is 11.3 Å². The van der Waals surface area contributed by atoms with Crippen molar-refractivity contribution in [1.29, 1.82) is 0 Å². The maximum Gasteiger partial charge on any atom is 0.0522 e. The largest absolute Gasteiger partial charge is 0.273 e. The normalized spacial score (nSPS) is 12.6. The predicted molar refractivity (Wildman–Crippen MR) is 80.8 cm³/mol. The van der Waals surface area contributed by atoms with Crippen molar-refractivity contribution < 1.29 is 0 Å². The molecule has 0 aliphatic carbocycles. The van der Waals surface area contributed by atoms with E-state index in [1.54, 1.807) is 0 Å². The average Bonchev–Trinajstić information content (AvgIpc) is 2.85. The van der Waals surface area contributed by atoms with Crippen LogP contribution in [0.2, 0.25) is 0 Å². The summed E-state index contributed by atoms with van der Waals surface area (Å²) in [5.41, 5.74) is 5.26. The lowest BCUT2D eigenvalue weighted by atomic mass is 10.0. The molecular formula is C13H17IN4. The highest BCUT2D eigenvalue weighted by Gasteiger charge is 2.11. The number of aromatic nitrogens is 2. The maximum absolute atomic E-state index is 5.65. The van der Waals surface area contributed by atoms with Gasteiger partial charge in [0.2, 0.25) is 0 Å². The molecule has 0 saturated heterocycles. The quantitative estimate of drug-likeness (QED) is 0.491. The maximum atomic E-state index is 5.65. The third-order valence-electron chi connectivity index (χ3n) is 2.92. The molecule has 0 radical (unpaired) electrons. The van der Waals surface area contributed by atoms with E-state index in [1.165, 1.54) is 14.7 Å². The van der Waals surface area contributed by atoms with Gasteiger partial charge >= 0.3 is 0 Å². The number of nitrogens with zero attached hydrogens (tertiary/aromatic N) is 2. The molecule has 0 amide bonds. The molecule has 4 nitrogen and oxygen atoms in total. The van der Waals surface area contributed by atoms with E-state index in [2.05, 4.69) is 70.5 Å². The van der Waals surface area contributed by atoms with Gasteiger partial charge in [0.15, 0.2) is 0 Å². The molecule has 0 fully saturated rings. The van der Waals surface area contributed by atoms with Crippen molar-refractivity contribution in [3.05, 3.63) is 51.4 Å². The van der Waals surface area contributed by atoms with Crippen molar-refractivity contribution in [3.63, 3.8) is 0 Å². The first-order chi connectivity index (χ1) is 8.72. The Balaban J connectivity index is 2.11. The van der Waals surface area contributed by atoms with E-state index in [0.29, 0.717) is 0 Å². The topological polar surface area (TPSA) is 55.9 Å². The summed E-state index contributed by atoms with van der Waals surface area (Å²) in [5.74, 6) is 5.65. The predicted octanol–water partition coefficient (Wildman–Crippen LogP) is 2.25. The third-order valence-corrected chi connectivity index (χ3v) is 3.64. The molecule has 5 heteroatoms. The van der Waals surface area contributed by atoms with Gasteiger partial charge in [-0.3, -0.25) is 16.0 Å². The van der Waals surface area contributed by atoms with Crippen molar-refractivity contribution in [1.82, 2.24) is 15.2 Å². The van der Waals surface area contributed by atoms with Gasteiger partial charge in [0.25, 0.3) is 0 Å². The Morgan fingerprint density at radius 3 is 2.67 bits per heavy atom. The van der Waals surface area contributed by atoms with E-state index >= 15 is 0 Å². The van der Waals surface area contributed by atoms with E-state index < -0.39 is 0 Å². The summed E-state index contributed by atoms with van der Waals surface area (Å²) in [6.45, 7) is 2.97. The fraction of sp³-hybridized carbons (Fsp3) is 0.308. The van der Waals surface area contributed by atoms with Gasteiger partial charge in [-0.05, 0) is 59.2 Å². The summed E-state index contributed by atoms with van der Waals surface area (Å²) in [7, 11) is 0. The molecule has 18 heavy (non-hydrogen) atoms. The molecule has 3 N–H and O–H groups in total. The molecule has 1 atom stereocenters. The first-order valence-corrected chi connectivity index (χ1v) is 7.03. The SMILES string of the molecule is CCn1cc(CC(NN)c2ccc(I)cc2)cn1. The molecule has 2 rings (SSSR count). The van der Waals surface area contributed by atoms with Crippen molar-refractivity contribution in [2.45, 2.75) is 25.9 Å². The van der Waals surface area contributed by atoms with Crippen LogP contribution in [0.4, 0.5) is 0 Å². The smallest absolute Gasteiger partial charge is 0.0522 e. The molecule has 0 aliphatic heterocycles. The fourth-order valence-corrected chi connectivity index (χ4v) is 2.25. The Labute approximate surface area is 121 Å². The molecule has 96 valence electrons. The highest BCUT2D eigenvalue weighted by molar-refractivity contribution is 14.1. The number of nitrogens with two attached hydrogens (primary N) is 1. The number of halogens is 1. The minimum absolute atomic E-state index is 0.122. The molecule has 1 aromatic carbocycles. The van der Waals surface area contributed by atoms with Gasteiger partial charge in [0.05, 0.1) is 12.2 Å². The van der Waals surface area contributed by atoms with Gasteiger partial charge in [-0.25, -0.2) is 0 Å². The number of hydrogen-bond donors (Lipinski definition) is 2. The van der Waals surface area contributed by atoms with Gasteiger partial charge in [-0.15, -0.1) is 0 Å². The molecule has 1 heterocycles. The lowest BCUT2D eigenvalue weighted by Crippen LogP contribution is -2.29. The molecular weight excluding hydrogens is 339 g/mol. The zero-order chi connectivity index (χ0) is 13.0. The van der Waals surface area contributed by atoms with Crippen LogP contribution in [0.15, 0.2) is 36.7 Å². The number of benzene rings is 1. The van der Waals surface area contributed by atoms with E-state index in [-0.39, 0.29) is 6.04 Å². The minimum atomic E-state index is 0.122. The van der Waals surface area contributed by atoms with Crippen LogP contribution in [0.5, 0.6) is 0 Å². The molecule has 2 aromatic rings. The van der Waals surface area contributed by atoms with E-state index in [4.69, 9.17) is 5.84 Å². The highest BCUT2D eigenvalue weighted by Crippen LogP contribution is 2.18. The van der Waals surface area contributed by atoms with Crippen LogP contribution in [0.3, 0.4) is 0 Å². The van der Waals surface area contributed by atoms with E-state index in [1.807, 2.05) is 10.9 Å². The number of nitrogens with one attached hydrogen (secondary N) is 1. The standard InChI is InChI=1S/C13H17IN4/c1-2-18-9-10(8-16-18)7-13(17-15)11-3-5-12(14)6-4-11/h3-6,8-9,13,17H,2,7,15H2,1H3. The molecule has 1 unspecified atom stereocenters. The van der Waals surface area contributed by atoms with Crippen LogP contribution in [-0.2, 0) is 13.0 Å². The summed E-state index contributed by atoms with van der Waals surface area (Å²) in [6, 6.07) is 8.52. The van der Waals surface area contributed by atoms with Crippen LogP contribution >= 0.6 is 22.6 Å². The van der Waals surface area contributed by atoms with E-state index in [0.717, 1.165) is 13.0 Å². The van der Waals surface area contributed by atoms with Gasteiger partial charge in [0.1, 0.15) is 0 Å². The minimum Gasteiger partial charge on any atom is -0.273 e. The zero-order valence-corrected chi connectivity index (χ0v) is 12.5. The summed E-state index contributed by atoms with van der Waals surface area (Å²) in [5, 5.41) is 4.28. The third kappa shape index (κ3) is 3.30. The van der Waals surface area contributed by atoms with Crippen LogP contribution in [0.1, 0.15) is 24.1 Å². The second kappa shape index (κ2) is 6.31. The monoisotopic (exact) mass is 356 g/mol. The first kappa shape index (κ1) is 13.5. The summed E-state index contributed by atoms with van der Waals surface area (Å²) < 4.78 is 3.16. The summed E-state index contributed by atoms with van der Waals surface area (Å²) >= 11 is 2.30. The fourth-order valence-electron chi connectivity index (χ4n) is 1.89. The van der Waals surface area contributed by atoms with Crippen molar-refractivity contribution >= 4 is 22.6 Å². The van der Waals surface area contributed by atoms with Gasteiger partial charge in [-0.2, -0.15) is 5.10 Å². The average molecular weight is 356 g/mol. The molecule has 0 saturated carbocycles. The van der Waals surface area contributed by atoms with Crippen molar-refractivity contribution in [3.8, 4) is 0 Å². The highest BCUT2D eigenvalue weighted by atomic mass is 127. The van der Waals surface area contributed by atoms with Gasteiger partial charge < -0.3 is 0 Å². The Kier molecular flexibility index (Phi) is 4.73. The number of aryl methyl sites for hydroxylation is 1. The van der Waals surface area contributed by atoms with Crippen LogP contribution in [0.25, 0.3) is 0 Å². The van der Waals surface area contributed by atoms with Crippen molar-refractivity contribution in [2.24, 2.45) is 5.84 Å². The molecule has 0 bridgehead atoms. The Bertz CT molecular complexity index is 492. The van der Waals surface area contributed by atoms with Gasteiger partial charge in [0, 0.05) is 16.3 Å². The van der Waals surface area contributed by atoms with Crippen LogP contribution in [0, 0.1) is 3.57 Å². The van der Waals surface area contributed by atoms with Gasteiger partial charge in [-0.1, -0.05) is 12.1 Å². The van der Waals surface area contributed by atoms with Crippen LogP contribution in [-0.4, -0.2) is 9.78 Å². The molecule has 1 aromatic heterocycles. The second-order valence-electron chi connectivity index (χ2n) is 4.18. The number of rotatable bonds is 5. The van der Waals surface area contributed by atoms with Crippen molar-refractivity contribution in [2.75, 3.05) is 0 Å². The van der Waals surface area contributed by atoms with E-state index in [9.17, 15) is 0 Å². The Morgan fingerprint density at radius 2 is 2.11 bits per heavy atom. The lowest BCUT2D eigenvalue weighted by molar-refractivity contribution is 0.551.